The number of piperidine rings is 1. The minimum absolute atomic E-state index is 0.566. The first kappa shape index (κ1) is 18.9. The number of anilines is 1. The Hall–Kier alpha value is -3.07. The van der Waals surface area contributed by atoms with E-state index in [1.54, 1.807) is 0 Å². The topological polar surface area (TPSA) is 21.1 Å². The molecule has 2 aromatic carbocycles. The molecule has 0 N–H and O–H groups in total. The van der Waals surface area contributed by atoms with Gasteiger partial charge in [0.05, 0.1) is 5.52 Å². The van der Waals surface area contributed by atoms with Gasteiger partial charge in [0.25, 0.3) is 0 Å². The van der Waals surface area contributed by atoms with Crippen molar-refractivity contribution < 1.29 is 0 Å². The Kier molecular flexibility index (Phi) is 5.04. The molecular formula is C27H29N3. The molecule has 2 aromatic heterocycles. The predicted molar refractivity (Wildman–Crippen MR) is 125 cm³/mol. The highest BCUT2D eigenvalue weighted by Crippen LogP contribution is 2.35. The maximum Gasteiger partial charge on any atom is 0.153 e. The van der Waals surface area contributed by atoms with Gasteiger partial charge < -0.3 is 9.47 Å². The molecule has 1 atom stereocenters. The fourth-order valence-electron chi connectivity index (χ4n) is 4.94. The summed E-state index contributed by atoms with van der Waals surface area (Å²) in [5.41, 5.74) is 6.75. The second-order valence-corrected chi connectivity index (χ2v) is 8.51. The van der Waals surface area contributed by atoms with Crippen molar-refractivity contribution >= 4 is 16.7 Å². The van der Waals surface area contributed by atoms with Crippen LogP contribution in [0, 0.1) is 13.8 Å². The molecule has 30 heavy (non-hydrogen) atoms. The maximum absolute atomic E-state index is 4.92. The van der Waals surface area contributed by atoms with Crippen LogP contribution in [0.5, 0.6) is 0 Å². The lowest BCUT2D eigenvalue weighted by Crippen LogP contribution is -2.35. The molecule has 0 bridgehead atoms. The third-order valence-electron chi connectivity index (χ3n) is 6.70. The van der Waals surface area contributed by atoms with Crippen LogP contribution in [-0.4, -0.2) is 22.6 Å². The van der Waals surface area contributed by atoms with Crippen LogP contribution in [0.3, 0.4) is 0 Å². The zero-order chi connectivity index (χ0) is 20.5. The van der Waals surface area contributed by atoms with E-state index in [-0.39, 0.29) is 0 Å². The first-order chi connectivity index (χ1) is 14.7. The van der Waals surface area contributed by atoms with Crippen LogP contribution in [0.4, 0.5) is 5.82 Å². The number of fused-ring (bicyclic) bond motifs is 1. The van der Waals surface area contributed by atoms with E-state index in [0.29, 0.717) is 5.92 Å². The zero-order valence-corrected chi connectivity index (χ0v) is 17.9. The van der Waals surface area contributed by atoms with Crippen LogP contribution >= 0.6 is 0 Å². The molecule has 0 aliphatic carbocycles. The molecule has 3 nitrogen and oxygen atoms in total. The highest BCUT2D eigenvalue weighted by molar-refractivity contribution is 5.93. The van der Waals surface area contributed by atoms with Gasteiger partial charge in [0.1, 0.15) is 0 Å². The Morgan fingerprint density at radius 1 is 0.933 bits per heavy atom. The Morgan fingerprint density at radius 2 is 1.67 bits per heavy atom. The second kappa shape index (κ2) is 7.98. The summed E-state index contributed by atoms with van der Waals surface area (Å²) in [6.45, 7) is 7.47. The maximum atomic E-state index is 4.92. The van der Waals surface area contributed by atoms with E-state index in [1.807, 2.05) is 6.20 Å². The lowest BCUT2D eigenvalue weighted by atomic mass is 9.90. The smallest absolute Gasteiger partial charge is 0.153 e. The van der Waals surface area contributed by atoms with Crippen LogP contribution in [0.15, 0.2) is 72.9 Å². The number of aryl methyl sites for hydroxylation is 1. The molecule has 0 amide bonds. The lowest BCUT2D eigenvalue weighted by Gasteiger charge is -2.34. The highest BCUT2D eigenvalue weighted by atomic mass is 15.2. The number of aromatic nitrogens is 2. The molecule has 1 fully saturated rings. The second-order valence-electron chi connectivity index (χ2n) is 8.51. The molecular weight excluding hydrogens is 366 g/mol. The molecule has 0 spiro atoms. The molecule has 0 saturated carbocycles. The molecule has 3 heterocycles. The summed E-state index contributed by atoms with van der Waals surface area (Å²) in [5, 5.41) is 1.33. The number of nitrogens with zero attached hydrogens (tertiary/aromatic N) is 3. The number of hydrogen-bond acceptors (Lipinski definition) is 2. The molecule has 1 saturated heterocycles. The largest absolute Gasteiger partial charge is 0.354 e. The van der Waals surface area contributed by atoms with Gasteiger partial charge in [0.15, 0.2) is 5.82 Å². The van der Waals surface area contributed by atoms with Gasteiger partial charge in [-0.05, 0) is 49.4 Å². The van der Waals surface area contributed by atoms with Crippen molar-refractivity contribution in [1.29, 1.82) is 0 Å². The molecule has 3 heteroatoms. The van der Waals surface area contributed by atoms with E-state index in [0.717, 1.165) is 25.5 Å². The van der Waals surface area contributed by atoms with E-state index in [2.05, 4.69) is 90.0 Å². The first-order valence-corrected chi connectivity index (χ1v) is 11.0. The average Bonchev–Trinajstić information content (AvgIpc) is 3.05. The van der Waals surface area contributed by atoms with E-state index in [9.17, 15) is 0 Å². The van der Waals surface area contributed by atoms with E-state index in [4.69, 9.17) is 4.98 Å². The van der Waals surface area contributed by atoms with Gasteiger partial charge in [-0.1, -0.05) is 60.7 Å². The lowest BCUT2D eigenvalue weighted by molar-refractivity contribution is 0.507. The third kappa shape index (κ3) is 3.39. The van der Waals surface area contributed by atoms with Crippen molar-refractivity contribution in [3.8, 4) is 0 Å². The van der Waals surface area contributed by atoms with Gasteiger partial charge in [0, 0.05) is 42.8 Å². The van der Waals surface area contributed by atoms with Crippen molar-refractivity contribution in [2.24, 2.45) is 0 Å². The first-order valence-electron chi connectivity index (χ1n) is 11.0. The van der Waals surface area contributed by atoms with E-state index < -0.39 is 0 Å². The van der Waals surface area contributed by atoms with Crippen molar-refractivity contribution in [2.45, 2.75) is 39.2 Å². The third-order valence-corrected chi connectivity index (χ3v) is 6.70. The summed E-state index contributed by atoms with van der Waals surface area (Å²) in [4.78, 5) is 7.44. The Bertz CT molecular complexity index is 1150. The van der Waals surface area contributed by atoms with E-state index >= 15 is 0 Å². The van der Waals surface area contributed by atoms with Crippen molar-refractivity contribution in [3.63, 3.8) is 0 Å². The van der Waals surface area contributed by atoms with Gasteiger partial charge in [0.2, 0.25) is 0 Å². The standard InChI is InChI=1S/C27H29N3/c1-20-21(2)30(18-22-10-5-3-6-11-22)26-25(20)15-16-28-27(26)29-17-9-14-24(19-29)23-12-7-4-8-13-23/h3-8,10-13,15-16,24H,9,14,17-19H2,1-2H3. The van der Waals surface area contributed by atoms with Crippen LogP contribution in [-0.2, 0) is 6.54 Å². The fourth-order valence-corrected chi connectivity index (χ4v) is 4.94. The molecule has 1 aliphatic rings. The van der Waals surface area contributed by atoms with Crippen LogP contribution in [0.1, 0.15) is 41.1 Å². The summed E-state index contributed by atoms with van der Waals surface area (Å²) in [6.07, 6.45) is 4.44. The van der Waals surface area contributed by atoms with Crippen molar-refractivity contribution in [1.82, 2.24) is 9.55 Å². The van der Waals surface area contributed by atoms with E-state index in [1.165, 1.54) is 46.1 Å². The van der Waals surface area contributed by atoms with Crippen LogP contribution < -0.4 is 4.90 Å². The van der Waals surface area contributed by atoms with Gasteiger partial charge in [-0.2, -0.15) is 0 Å². The molecule has 152 valence electrons. The monoisotopic (exact) mass is 395 g/mol. The van der Waals surface area contributed by atoms with Crippen LogP contribution in [0.25, 0.3) is 10.9 Å². The molecule has 1 unspecified atom stereocenters. The molecule has 1 aliphatic heterocycles. The van der Waals surface area contributed by atoms with Crippen molar-refractivity contribution in [3.05, 3.63) is 95.3 Å². The summed E-state index contributed by atoms with van der Waals surface area (Å²) >= 11 is 0. The Morgan fingerprint density at radius 3 is 2.43 bits per heavy atom. The number of benzene rings is 2. The SMILES string of the molecule is Cc1c(C)n(Cc2ccccc2)c2c(N3CCCC(c4ccccc4)C3)nccc12. The van der Waals surface area contributed by atoms with Crippen molar-refractivity contribution in [2.75, 3.05) is 18.0 Å². The van der Waals surface area contributed by atoms with Gasteiger partial charge in [-0.25, -0.2) is 4.98 Å². The van der Waals surface area contributed by atoms with Gasteiger partial charge in [-0.15, -0.1) is 0 Å². The summed E-state index contributed by atoms with van der Waals surface area (Å²) in [5.74, 6) is 1.71. The highest BCUT2D eigenvalue weighted by Gasteiger charge is 2.25. The molecule has 0 radical (unpaired) electrons. The minimum atomic E-state index is 0.566. The quantitative estimate of drug-likeness (QED) is 0.417. The van der Waals surface area contributed by atoms with Gasteiger partial charge >= 0.3 is 0 Å². The predicted octanol–water partition coefficient (Wildman–Crippen LogP) is 6.09. The number of hydrogen-bond donors (Lipinski definition) is 0. The number of pyridine rings is 1. The Labute approximate surface area is 179 Å². The minimum Gasteiger partial charge on any atom is -0.354 e. The average molecular weight is 396 g/mol. The normalized spacial score (nSPS) is 16.9. The summed E-state index contributed by atoms with van der Waals surface area (Å²) < 4.78 is 2.47. The molecule has 4 aromatic rings. The summed E-state index contributed by atoms with van der Waals surface area (Å²) in [6, 6.07) is 23.9. The zero-order valence-electron chi connectivity index (χ0n) is 17.9. The Balaban J connectivity index is 1.57. The van der Waals surface area contributed by atoms with Gasteiger partial charge in [-0.3, -0.25) is 0 Å². The number of rotatable bonds is 4. The molecule has 5 rings (SSSR count). The summed E-state index contributed by atoms with van der Waals surface area (Å²) in [7, 11) is 0. The fraction of sp³-hybridized carbons (Fsp3) is 0.296. The van der Waals surface area contributed by atoms with Crippen LogP contribution in [0.2, 0.25) is 0 Å².